The summed E-state index contributed by atoms with van der Waals surface area (Å²) in [5.74, 6) is 1.60. The van der Waals surface area contributed by atoms with Crippen LogP contribution in [0.2, 0.25) is 0 Å². The van der Waals surface area contributed by atoms with Gasteiger partial charge < -0.3 is 9.88 Å². The molecule has 1 fully saturated rings. The molecule has 1 aliphatic heterocycles. The van der Waals surface area contributed by atoms with Gasteiger partial charge in [0.15, 0.2) is 11.8 Å². The van der Waals surface area contributed by atoms with E-state index in [9.17, 15) is 0 Å². The summed E-state index contributed by atoms with van der Waals surface area (Å²) in [6.07, 6.45) is 12.7. The van der Waals surface area contributed by atoms with Crippen molar-refractivity contribution >= 4 is 11.2 Å². The Morgan fingerprint density at radius 1 is 1.27 bits per heavy atom. The second kappa shape index (κ2) is 5.30. The minimum Gasteiger partial charge on any atom is -0.340 e. The summed E-state index contributed by atoms with van der Waals surface area (Å²) in [6, 6.07) is 4.14. The minimum absolute atomic E-state index is 0.301. The second-order valence-electron chi connectivity index (χ2n) is 5.92. The molecule has 0 radical (unpaired) electrons. The first-order chi connectivity index (χ1) is 10.8. The molecule has 0 bridgehead atoms. The molecule has 3 heterocycles. The standard InChI is InChI=1S/C17H17N5/c18-11-22-9-8-13(10-22)16-20-15-7-6-14(19-17(15)21-16)12-4-2-1-3-5-12/h1-4,6-7,12-13H,5,8-10H2,(H,19,20,21). The second-order valence-corrected chi connectivity index (χ2v) is 5.92. The Labute approximate surface area is 129 Å². The highest BCUT2D eigenvalue weighted by Gasteiger charge is 2.26. The van der Waals surface area contributed by atoms with Crippen molar-refractivity contribution < 1.29 is 0 Å². The monoisotopic (exact) mass is 291 g/mol. The Bertz CT molecular complexity index is 795. The van der Waals surface area contributed by atoms with Crippen LogP contribution in [0.15, 0.2) is 36.4 Å². The summed E-state index contributed by atoms with van der Waals surface area (Å²) in [5.41, 5.74) is 2.83. The van der Waals surface area contributed by atoms with Crippen LogP contribution in [0.3, 0.4) is 0 Å². The first kappa shape index (κ1) is 13.1. The van der Waals surface area contributed by atoms with Crippen molar-refractivity contribution in [3.63, 3.8) is 0 Å². The van der Waals surface area contributed by atoms with Crippen molar-refractivity contribution in [2.24, 2.45) is 0 Å². The van der Waals surface area contributed by atoms with Crippen molar-refractivity contribution in [1.82, 2.24) is 19.9 Å². The predicted molar refractivity (Wildman–Crippen MR) is 84.1 cm³/mol. The molecule has 0 amide bonds. The third kappa shape index (κ3) is 2.27. The molecule has 4 rings (SSSR count). The number of aromatic amines is 1. The van der Waals surface area contributed by atoms with Gasteiger partial charge in [0.25, 0.3) is 0 Å². The summed E-state index contributed by atoms with van der Waals surface area (Å²) in [6.45, 7) is 1.56. The third-order valence-electron chi connectivity index (χ3n) is 4.46. The summed E-state index contributed by atoms with van der Waals surface area (Å²) in [4.78, 5) is 14.6. The van der Waals surface area contributed by atoms with Crippen LogP contribution in [0.5, 0.6) is 0 Å². The summed E-state index contributed by atoms with van der Waals surface area (Å²) < 4.78 is 0. The number of aromatic nitrogens is 3. The van der Waals surface area contributed by atoms with Crippen molar-refractivity contribution in [1.29, 1.82) is 5.26 Å². The molecule has 5 heteroatoms. The van der Waals surface area contributed by atoms with E-state index >= 15 is 0 Å². The van der Waals surface area contributed by atoms with E-state index in [1.54, 1.807) is 4.90 Å². The van der Waals surface area contributed by atoms with E-state index in [1.165, 1.54) is 0 Å². The maximum atomic E-state index is 8.97. The molecule has 1 N–H and O–H groups in total. The number of nitrogens with one attached hydrogen (secondary N) is 1. The van der Waals surface area contributed by atoms with Crippen LogP contribution in [-0.4, -0.2) is 32.9 Å². The third-order valence-corrected chi connectivity index (χ3v) is 4.46. The van der Waals surface area contributed by atoms with Crippen molar-refractivity contribution in [2.75, 3.05) is 13.1 Å². The molecule has 5 nitrogen and oxygen atoms in total. The number of imidazole rings is 1. The first-order valence-electron chi connectivity index (χ1n) is 7.68. The lowest BCUT2D eigenvalue weighted by molar-refractivity contribution is 0.477. The zero-order valence-corrected chi connectivity index (χ0v) is 12.2. The lowest BCUT2D eigenvalue weighted by Gasteiger charge is -2.11. The molecule has 1 aliphatic carbocycles. The molecular weight excluding hydrogens is 274 g/mol. The van der Waals surface area contributed by atoms with Gasteiger partial charge in [-0.05, 0) is 25.0 Å². The van der Waals surface area contributed by atoms with Crippen molar-refractivity contribution in [3.8, 4) is 6.19 Å². The van der Waals surface area contributed by atoms with Crippen LogP contribution in [-0.2, 0) is 0 Å². The molecule has 0 saturated carbocycles. The summed E-state index contributed by atoms with van der Waals surface area (Å²) in [7, 11) is 0. The summed E-state index contributed by atoms with van der Waals surface area (Å²) in [5, 5.41) is 8.97. The molecule has 2 aromatic rings. The molecule has 110 valence electrons. The maximum Gasteiger partial charge on any atom is 0.179 e. The van der Waals surface area contributed by atoms with Crippen molar-refractivity contribution in [3.05, 3.63) is 48.0 Å². The number of likely N-dealkylation sites (tertiary alicyclic amines) is 1. The highest BCUT2D eigenvalue weighted by molar-refractivity contribution is 5.71. The van der Waals surface area contributed by atoms with Gasteiger partial charge in [0.05, 0.1) is 11.2 Å². The van der Waals surface area contributed by atoms with Gasteiger partial charge in [-0.25, -0.2) is 9.97 Å². The molecule has 0 aromatic carbocycles. The Kier molecular flexibility index (Phi) is 3.15. The molecule has 2 aromatic heterocycles. The number of rotatable bonds is 2. The number of fused-ring (bicyclic) bond motifs is 1. The smallest absolute Gasteiger partial charge is 0.179 e. The van der Waals surface area contributed by atoms with Gasteiger partial charge in [0.2, 0.25) is 0 Å². The Morgan fingerprint density at radius 3 is 3.00 bits per heavy atom. The van der Waals surface area contributed by atoms with Crippen LogP contribution in [0, 0.1) is 11.5 Å². The van der Waals surface area contributed by atoms with Crippen LogP contribution in [0.25, 0.3) is 11.2 Å². The van der Waals surface area contributed by atoms with E-state index in [0.717, 1.165) is 48.6 Å². The number of allylic oxidation sites excluding steroid dienone is 4. The van der Waals surface area contributed by atoms with Gasteiger partial charge in [0, 0.05) is 24.9 Å². The van der Waals surface area contributed by atoms with Gasteiger partial charge >= 0.3 is 0 Å². The molecule has 2 aliphatic rings. The van der Waals surface area contributed by atoms with Crippen LogP contribution >= 0.6 is 0 Å². The van der Waals surface area contributed by atoms with Gasteiger partial charge in [-0.3, -0.25) is 0 Å². The molecule has 2 atom stereocenters. The van der Waals surface area contributed by atoms with E-state index < -0.39 is 0 Å². The van der Waals surface area contributed by atoms with Crippen molar-refractivity contribution in [2.45, 2.75) is 24.7 Å². The topological polar surface area (TPSA) is 68.6 Å². The minimum atomic E-state index is 0.301. The number of hydrogen-bond donors (Lipinski definition) is 1. The number of nitriles is 1. The van der Waals surface area contributed by atoms with E-state index in [4.69, 9.17) is 10.2 Å². The maximum absolute atomic E-state index is 8.97. The lowest BCUT2D eigenvalue weighted by atomic mass is 9.97. The van der Waals surface area contributed by atoms with Crippen LogP contribution in [0.1, 0.15) is 36.2 Å². The fourth-order valence-corrected chi connectivity index (χ4v) is 3.20. The zero-order chi connectivity index (χ0) is 14.9. The van der Waals surface area contributed by atoms with Crippen LogP contribution < -0.4 is 0 Å². The number of H-pyrrole nitrogens is 1. The predicted octanol–water partition coefficient (Wildman–Crippen LogP) is 2.83. The zero-order valence-electron chi connectivity index (χ0n) is 12.2. The Morgan fingerprint density at radius 2 is 2.23 bits per heavy atom. The SMILES string of the molecule is N#CN1CCC(c2nc3nc(C4C=CC=CC4)ccc3[nH]2)C1. The van der Waals surface area contributed by atoms with Gasteiger partial charge in [-0.2, -0.15) is 5.26 Å². The van der Waals surface area contributed by atoms with E-state index in [1.807, 2.05) is 0 Å². The molecule has 2 unspecified atom stereocenters. The van der Waals surface area contributed by atoms with E-state index in [0.29, 0.717) is 11.8 Å². The summed E-state index contributed by atoms with van der Waals surface area (Å²) >= 11 is 0. The first-order valence-corrected chi connectivity index (χ1v) is 7.68. The quantitative estimate of drug-likeness (QED) is 0.864. The molecule has 0 spiro atoms. The molecule has 22 heavy (non-hydrogen) atoms. The fourth-order valence-electron chi connectivity index (χ4n) is 3.20. The molecule has 1 saturated heterocycles. The number of pyridine rings is 1. The van der Waals surface area contributed by atoms with E-state index in [-0.39, 0.29) is 0 Å². The molecular formula is C17H17N5. The Hall–Kier alpha value is -2.61. The fraction of sp³-hybridized carbons (Fsp3) is 0.353. The highest BCUT2D eigenvalue weighted by atomic mass is 15.1. The van der Waals surface area contributed by atoms with Gasteiger partial charge in [-0.15, -0.1) is 0 Å². The highest BCUT2D eigenvalue weighted by Crippen LogP contribution is 2.28. The van der Waals surface area contributed by atoms with Gasteiger partial charge in [-0.1, -0.05) is 24.3 Å². The average Bonchev–Trinajstić information content (AvgIpc) is 3.21. The number of nitrogens with zero attached hydrogens (tertiary/aromatic N) is 4. The Balaban J connectivity index is 1.63. The van der Waals surface area contributed by atoms with Gasteiger partial charge in [0.1, 0.15) is 5.82 Å². The van der Waals surface area contributed by atoms with E-state index in [2.05, 4.69) is 52.6 Å². The normalized spacial score (nSPS) is 24.0. The average molecular weight is 291 g/mol. The largest absolute Gasteiger partial charge is 0.340 e. The number of hydrogen-bond acceptors (Lipinski definition) is 4. The van der Waals surface area contributed by atoms with Crippen LogP contribution in [0.4, 0.5) is 0 Å². The lowest BCUT2D eigenvalue weighted by Crippen LogP contribution is -2.13.